The summed E-state index contributed by atoms with van der Waals surface area (Å²) in [5, 5.41) is 19.8. The molecule has 0 atom stereocenters. The largest absolute Gasteiger partial charge is 0.352 e. The van der Waals surface area contributed by atoms with E-state index < -0.39 is 0 Å². The Hall–Kier alpha value is -3.43. The molecular weight excluding hydrogens is 448 g/mol. The summed E-state index contributed by atoms with van der Waals surface area (Å²) in [5.41, 5.74) is 1.89. The highest BCUT2D eigenvalue weighted by molar-refractivity contribution is 7.99. The number of aromatic nitrogens is 4. The summed E-state index contributed by atoms with van der Waals surface area (Å²) in [6.45, 7) is 0.400. The van der Waals surface area contributed by atoms with Gasteiger partial charge >= 0.3 is 0 Å². The summed E-state index contributed by atoms with van der Waals surface area (Å²) in [4.78, 5) is 24.4. The second-order valence-electron chi connectivity index (χ2n) is 6.77. The van der Waals surface area contributed by atoms with Gasteiger partial charge < -0.3 is 10.6 Å². The second kappa shape index (κ2) is 10.3. The fourth-order valence-electron chi connectivity index (χ4n) is 2.90. The van der Waals surface area contributed by atoms with Crippen molar-refractivity contribution in [3.63, 3.8) is 0 Å². The van der Waals surface area contributed by atoms with Gasteiger partial charge in [0.05, 0.1) is 5.75 Å². The Labute approximate surface area is 193 Å². The van der Waals surface area contributed by atoms with E-state index in [-0.39, 0.29) is 17.6 Å². The molecule has 0 spiro atoms. The van der Waals surface area contributed by atoms with Crippen molar-refractivity contribution in [1.29, 1.82) is 0 Å². The van der Waals surface area contributed by atoms with Crippen LogP contribution in [0, 0.1) is 0 Å². The van der Waals surface area contributed by atoms with Gasteiger partial charge in [0.1, 0.15) is 5.03 Å². The predicted octanol–water partition coefficient (Wildman–Crippen LogP) is 3.48. The minimum atomic E-state index is -0.146. The van der Waals surface area contributed by atoms with E-state index in [4.69, 9.17) is 11.6 Å². The van der Waals surface area contributed by atoms with Crippen molar-refractivity contribution in [3.8, 4) is 0 Å². The quantitative estimate of drug-likeness (QED) is 0.385. The summed E-state index contributed by atoms with van der Waals surface area (Å²) in [7, 11) is 0. The van der Waals surface area contributed by atoms with Crippen molar-refractivity contribution < 1.29 is 9.59 Å². The normalized spacial score (nSPS) is 10.8. The molecular formula is C22H19ClN6O2S. The van der Waals surface area contributed by atoms with Crippen molar-refractivity contribution >= 4 is 46.5 Å². The topological polar surface area (TPSA) is 101 Å². The molecule has 0 radical (unpaired) electrons. The molecule has 0 aliphatic rings. The van der Waals surface area contributed by atoms with Gasteiger partial charge in [0.15, 0.2) is 11.5 Å². The average Bonchev–Trinajstić information content (AvgIpc) is 3.22. The van der Waals surface area contributed by atoms with E-state index in [1.54, 1.807) is 53.0 Å². The van der Waals surface area contributed by atoms with E-state index in [9.17, 15) is 9.59 Å². The first-order valence-electron chi connectivity index (χ1n) is 9.81. The van der Waals surface area contributed by atoms with Gasteiger partial charge in [-0.2, -0.15) is 9.61 Å². The van der Waals surface area contributed by atoms with E-state index >= 15 is 0 Å². The zero-order valence-electron chi connectivity index (χ0n) is 16.9. The fraction of sp³-hybridized carbons (Fsp3) is 0.136. The molecule has 32 heavy (non-hydrogen) atoms. The molecule has 4 rings (SSSR count). The fourth-order valence-corrected chi connectivity index (χ4v) is 3.68. The van der Waals surface area contributed by atoms with Crippen LogP contribution in [0.4, 0.5) is 5.69 Å². The lowest BCUT2D eigenvalue weighted by atomic mass is 10.2. The van der Waals surface area contributed by atoms with Crippen LogP contribution in [-0.2, 0) is 11.2 Å². The number of anilines is 1. The molecule has 0 unspecified atom stereocenters. The number of nitrogens with zero attached hydrogens (tertiary/aromatic N) is 4. The highest BCUT2D eigenvalue weighted by atomic mass is 35.5. The van der Waals surface area contributed by atoms with Crippen LogP contribution < -0.4 is 10.6 Å². The first-order chi connectivity index (χ1) is 15.6. The second-order valence-corrected chi connectivity index (χ2v) is 8.21. The maximum absolute atomic E-state index is 12.2. The van der Waals surface area contributed by atoms with Crippen molar-refractivity contribution in [2.45, 2.75) is 11.4 Å². The Morgan fingerprint density at radius 2 is 1.75 bits per heavy atom. The lowest BCUT2D eigenvalue weighted by molar-refractivity contribution is -0.113. The monoisotopic (exact) mass is 466 g/mol. The number of hydrogen-bond acceptors (Lipinski definition) is 6. The van der Waals surface area contributed by atoms with Gasteiger partial charge in [0.25, 0.3) is 5.91 Å². The lowest BCUT2D eigenvalue weighted by Gasteiger charge is -2.06. The lowest BCUT2D eigenvalue weighted by Crippen LogP contribution is -2.26. The smallest absolute Gasteiger partial charge is 0.251 e. The number of nitrogens with one attached hydrogen (secondary N) is 2. The number of halogens is 1. The van der Waals surface area contributed by atoms with E-state index in [0.717, 1.165) is 0 Å². The number of rotatable bonds is 8. The van der Waals surface area contributed by atoms with E-state index in [2.05, 4.69) is 25.9 Å². The van der Waals surface area contributed by atoms with Crippen molar-refractivity contribution in [3.05, 3.63) is 83.1 Å². The highest BCUT2D eigenvalue weighted by Gasteiger charge is 2.11. The third-order valence-electron chi connectivity index (χ3n) is 4.45. The van der Waals surface area contributed by atoms with E-state index in [1.807, 2.05) is 18.2 Å². The van der Waals surface area contributed by atoms with Crippen LogP contribution >= 0.6 is 23.4 Å². The number of thioether (sulfide) groups is 1. The Morgan fingerprint density at radius 1 is 0.969 bits per heavy atom. The Bertz CT molecular complexity index is 1230. The van der Waals surface area contributed by atoms with Crippen LogP contribution in [0.25, 0.3) is 5.65 Å². The third kappa shape index (κ3) is 5.63. The van der Waals surface area contributed by atoms with Crippen LogP contribution in [0.15, 0.2) is 71.8 Å². The summed E-state index contributed by atoms with van der Waals surface area (Å²) in [5.74, 6) is 0.537. The number of carbonyl (C=O) groups excluding carboxylic acids is 2. The standard InChI is InChI=1S/C22H19ClN6O2S/c23-16-6-8-17(9-7-16)25-20(30)14-32-21-11-10-18-26-27-19(29(18)28-21)12-13-24-22(31)15-4-2-1-3-5-15/h1-11H,12-14H2,(H,24,31)(H,25,30). The SMILES string of the molecule is O=C(CSc1ccc2nnc(CCNC(=O)c3ccccc3)n2n1)Nc1ccc(Cl)cc1. The average molecular weight is 467 g/mol. The minimum Gasteiger partial charge on any atom is -0.352 e. The van der Waals surface area contributed by atoms with Crippen molar-refractivity contribution in [2.24, 2.45) is 0 Å². The van der Waals surface area contributed by atoms with E-state index in [0.29, 0.717) is 45.7 Å². The molecule has 4 aromatic rings. The molecule has 0 saturated heterocycles. The van der Waals surface area contributed by atoms with Gasteiger partial charge in [0.2, 0.25) is 5.91 Å². The molecule has 8 nitrogen and oxygen atoms in total. The number of fused-ring (bicyclic) bond motifs is 1. The third-order valence-corrected chi connectivity index (χ3v) is 5.62. The molecule has 2 aromatic heterocycles. The molecule has 2 heterocycles. The maximum atomic E-state index is 12.2. The Kier molecular flexibility index (Phi) is 6.98. The molecule has 0 aliphatic heterocycles. The molecule has 0 aliphatic carbocycles. The van der Waals surface area contributed by atoms with Crippen molar-refractivity contribution in [1.82, 2.24) is 25.1 Å². The summed E-state index contributed by atoms with van der Waals surface area (Å²) >= 11 is 7.17. The van der Waals surface area contributed by atoms with Gasteiger partial charge in [0, 0.05) is 29.2 Å². The van der Waals surface area contributed by atoms with Crippen LogP contribution in [-0.4, -0.2) is 43.9 Å². The zero-order chi connectivity index (χ0) is 22.3. The zero-order valence-corrected chi connectivity index (χ0v) is 18.4. The highest BCUT2D eigenvalue weighted by Crippen LogP contribution is 2.18. The first kappa shape index (κ1) is 21.8. The molecule has 0 bridgehead atoms. The van der Waals surface area contributed by atoms with Gasteiger partial charge in [-0.05, 0) is 48.5 Å². The van der Waals surface area contributed by atoms with Crippen LogP contribution in [0.2, 0.25) is 5.02 Å². The molecule has 0 fully saturated rings. The molecule has 0 saturated carbocycles. The Balaban J connectivity index is 1.33. The molecule has 2 N–H and O–H groups in total. The summed E-state index contributed by atoms with van der Waals surface area (Å²) in [6.07, 6.45) is 0.470. The summed E-state index contributed by atoms with van der Waals surface area (Å²) < 4.78 is 1.63. The molecule has 2 amide bonds. The van der Waals surface area contributed by atoms with Crippen LogP contribution in [0.3, 0.4) is 0 Å². The van der Waals surface area contributed by atoms with E-state index in [1.165, 1.54) is 11.8 Å². The van der Waals surface area contributed by atoms with Gasteiger partial charge in [-0.25, -0.2) is 0 Å². The molecule has 10 heteroatoms. The van der Waals surface area contributed by atoms with Crippen LogP contribution in [0.5, 0.6) is 0 Å². The van der Waals surface area contributed by atoms with Gasteiger partial charge in [-0.15, -0.1) is 10.2 Å². The summed E-state index contributed by atoms with van der Waals surface area (Å²) in [6, 6.07) is 19.5. The number of amides is 2. The Morgan fingerprint density at radius 3 is 2.53 bits per heavy atom. The molecule has 162 valence electrons. The predicted molar refractivity (Wildman–Crippen MR) is 124 cm³/mol. The number of carbonyl (C=O) groups is 2. The number of hydrogen-bond donors (Lipinski definition) is 2. The minimum absolute atomic E-state index is 0.143. The van der Waals surface area contributed by atoms with Crippen LogP contribution in [0.1, 0.15) is 16.2 Å². The van der Waals surface area contributed by atoms with Crippen molar-refractivity contribution in [2.75, 3.05) is 17.6 Å². The maximum Gasteiger partial charge on any atom is 0.251 e. The first-order valence-corrected chi connectivity index (χ1v) is 11.2. The molecule has 2 aromatic carbocycles. The van der Waals surface area contributed by atoms with Gasteiger partial charge in [-0.3, -0.25) is 9.59 Å². The van der Waals surface area contributed by atoms with Gasteiger partial charge in [-0.1, -0.05) is 41.6 Å². The number of benzene rings is 2.